The summed E-state index contributed by atoms with van der Waals surface area (Å²) in [7, 11) is 0. The van der Waals surface area contributed by atoms with Crippen molar-refractivity contribution in [3.63, 3.8) is 0 Å². The van der Waals surface area contributed by atoms with Crippen molar-refractivity contribution in [3.8, 4) is 0 Å². The highest BCUT2D eigenvalue weighted by atomic mass is 19.1. The first kappa shape index (κ1) is 11.7. The van der Waals surface area contributed by atoms with E-state index in [4.69, 9.17) is 4.74 Å². The number of halogens is 1. The van der Waals surface area contributed by atoms with Gasteiger partial charge in [0.25, 0.3) is 0 Å². The van der Waals surface area contributed by atoms with Crippen molar-refractivity contribution < 1.29 is 13.9 Å². The van der Waals surface area contributed by atoms with Crippen LogP contribution in [0.2, 0.25) is 0 Å². The first-order valence-electron chi connectivity index (χ1n) is 4.97. The van der Waals surface area contributed by atoms with E-state index in [1.807, 2.05) is 19.1 Å². The molecule has 1 atom stereocenters. The van der Waals surface area contributed by atoms with E-state index >= 15 is 0 Å². The minimum absolute atomic E-state index is 0.129. The molecule has 0 aliphatic rings. The maximum Gasteiger partial charge on any atom is 0.338 e. The van der Waals surface area contributed by atoms with E-state index in [1.165, 1.54) is 6.92 Å². The zero-order valence-corrected chi connectivity index (χ0v) is 9.00. The van der Waals surface area contributed by atoms with Gasteiger partial charge in [0.05, 0.1) is 12.2 Å². The second-order valence-corrected chi connectivity index (χ2v) is 3.57. The molecule has 1 aromatic rings. The lowest BCUT2D eigenvalue weighted by Crippen LogP contribution is -2.09. The summed E-state index contributed by atoms with van der Waals surface area (Å²) >= 11 is 0. The first-order chi connectivity index (χ1) is 7.09. The molecule has 0 fully saturated rings. The molecular formula is C12H15FO2. The van der Waals surface area contributed by atoms with Crippen LogP contribution >= 0.6 is 0 Å². The predicted molar refractivity (Wildman–Crippen MR) is 56.6 cm³/mol. The van der Waals surface area contributed by atoms with Crippen LogP contribution < -0.4 is 0 Å². The van der Waals surface area contributed by atoms with Crippen molar-refractivity contribution in [3.05, 3.63) is 35.4 Å². The summed E-state index contributed by atoms with van der Waals surface area (Å²) in [6.07, 6.45) is -0.687. The molecule has 0 spiro atoms. The lowest BCUT2D eigenvalue weighted by atomic mass is 10.1. The van der Waals surface area contributed by atoms with Crippen molar-refractivity contribution in [2.24, 2.45) is 0 Å². The van der Waals surface area contributed by atoms with Crippen LogP contribution in [0.4, 0.5) is 4.39 Å². The summed E-state index contributed by atoms with van der Waals surface area (Å²) in [6, 6.07) is 7.09. The molecule has 0 bridgehead atoms. The fourth-order valence-electron chi connectivity index (χ4n) is 1.09. The third-order valence-corrected chi connectivity index (χ3v) is 2.04. The number of rotatable bonds is 4. The monoisotopic (exact) mass is 210 g/mol. The van der Waals surface area contributed by atoms with E-state index in [1.54, 1.807) is 12.1 Å². The van der Waals surface area contributed by atoms with E-state index in [-0.39, 0.29) is 13.0 Å². The van der Waals surface area contributed by atoms with E-state index in [2.05, 4.69) is 0 Å². The Labute approximate surface area is 89.1 Å². The predicted octanol–water partition coefficient (Wildman–Crippen LogP) is 2.90. The molecule has 0 saturated heterocycles. The third kappa shape index (κ3) is 4.11. The molecule has 1 aromatic carbocycles. The van der Waals surface area contributed by atoms with Crippen LogP contribution in [0.15, 0.2) is 24.3 Å². The molecule has 82 valence electrons. The average Bonchev–Trinajstić information content (AvgIpc) is 2.18. The Morgan fingerprint density at radius 3 is 2.53 bits per heavy atom. The lowest BCUT2D eigenvalue weighted by molar-refractivity contribution is 0.0478. The van der Waals surface area contributed by atoms with Crippen molar-refractivity contribution in [1.82, 2.24) is 0 Å². The van der Waals surface area contributed by atoms with Crippen molar-refractivity contribution in [2.75, 3.05) is 6.61 Å². The van der Waals surface area contributed by atoms with Crippen LogP contribution in [0, 0.1) is 6.92 Å². The Bertz CT molecular complexity index is 317. The number of hydrogen-bond donors (Lipinski definition) is 0. The molecule has 0 amide bonds. The number of ether oxygens (including phenoxy) is 1. The van der Waals surface area contributed by atoms with E-state index < -0.39 is 12.1 Å². The number of aryl methyl sites for hydroxylation is 1. The Balaban J connectivity index is 2.43. The SMILES string of the molecule is Cc1ccc(C(=O)OCCC(C)F)cc1. The maximum absolute atomic E-state index is 12.4. The summed E-state index contributed by atoms with van der Waals surface area (Å²) in [6.45, 7) is 3.52. The Morgan fingerprint density at radius 2 is 2.00 bits per heavy atom. The topological polar surface area (TPSA) is 26.3 Å². The molecule has 0 saturated carbocycles. The standard InChI is InChI=1S/C12H15FO2/c1-9-3-5-11(6-4-9)12(14)15-8-7-10(2)13/h3-6,10H,7-8H2,1-2H3. The van der Waals surface area contributed by atoms with Crippen molar-refractivity contribution in [2.45, 2.75) is 26.4 Å². The molecular weight excluding hydrogens is 195 g/mol. The zero-order valence-electron chi connectivity index (χ0n) is 9.00. The second-order valence-electron chi connectivity index (χ2n) is 3.57. The van der Waals surface area contributed by atoms with Crippen molar-refractivity contribution >= 4 is 5.97 Å². The van der Waals surface area contributed by atoms with Gasteiger partial charge in [0.2, 0.25) is 0 Å². The molecule has 0 aromatic heterocycles. The van der Waals surface area contributed by atoms with Gasteiger partial charge in [-0.15, -0.1) is 0 Å². The normalized spacial score (nSPS) is 12.2. The smallest absolute Gasteiger partial charge is 0.338 e. The summed E-state index contributed by atoms with van der Waals surface area (Å²) in [5.41, 5.74) is 1.59. The summed E-state index contributed by atoms with van der Waals surface area (Å²) in [5, 5.41) is 0. The van der Waals surface area contributed by atoms with Crippen LogP contribution in [0.1, 0.15) is 29.3 Å². The molecule has 2 nitrogen and oxygen atoms in total. The number of carbonyl (C=O) groups excluding carboxylic acids is 1. The Morgan fingerprint density at radius 1 is 1.40 bits per heavy atom. The summed E-state index contributed by atoms with van der Waals surface area (Å²) < 4.78 is 17.3. The van der Waals surface area contributed by atoms with Gasteiger partial charge < -0.3 is 4.74 Å². The van der Waals surface area contributed by atoms with Gasteiger partial charge in [0.1, 0.15) is 6.17 Å². The third-order valence-electron chi connectivity index (χ3n) is 2.04. The zero-order chi connectivity index (χ0) is 11.3. The van der Waals surface area contributed by atoms with Gasteiger partial charge in [-0.1, -0.05) is 17.7 Å². The Kier molecular flexibility index (Phi) is 4.28. The number of carbonyl (C=O) groups is 1. The Hall–Kier alpha value is -1.38. The fraction of sp³-hybridized carbons (Fsp3) is 0.417. The highest BCUT2D eigenvalue weighted by Gasteiger charge is 2.07. The van der Waals surface area contributed by atoms with Gasteiger partial charge in [-0.25, -0.2) is 9.18 Å². The van der Waals surface area contributed by atoms with Crippen LogP contribution in [0.25, 0.3) is 0 Å². The van der Waals surface area contributed by atoms with Crippen LogP contribution in [0.5, 0.6) is 0 Å². The van der Waals surface area contributed by atoms with Gasteiger partial charge in [0.15, 0.2) is 0 Å². The largest absolute Gasteiger partial charge is 0.462 e. The number of benzene rings is 1. The van der Waals surface area contributed by atoms with Gasteiger partial charge in [-0.3, -0.25) is 0 Å². The maximum atomic E-state index is 12.4. The minimum Gasteiger partial charge on any atom is -0.462 e. The molecule has 0 radical (unpaired) electrons. The van der Waals surface area contributed by atoms with Crippen LogP contribution in [0.3, 0.4) is 0 Å². The molecule has 1 unspecified atom stereocenters. The quantitative estimate of drug-likeness (QED) is 0.714. The summed E-state index contributed by atoms with van der Waals surface area (Å²) in [4.78, 5) is 11.4. The number of hydrogen-bond acceptors (Lipinski definition) is 2. The first-order valence-corrected chi connectivity index (χ1v) is 4.97. The fourth-order valence-corrected chi connectivity index (χ4v) is 1.09. The van der Waals surface area contributed by atoms with Gasteiger partial charge in [-0.2, -0.15) is 0 Å². The molecule has 15 heavy (non-hydrogen) atoms. The number of alkyl halides is 1. The van der Waals surface area contributed by atoms with Crippen molar-refractivity contribution in [1.29, 1.82) is 0 Å². The highest BCUT2D eigenvalue weighted by molar-refractivity contribution is 5.89. The second kappa shape index (κ2) is 5.49. The van der Waals surface area contributed by atoms with Crippen LogP contribution in [-0.2, 0) is 4.74 Å². The molecule has 0 heterocycles. The molecule has 3 heteroatoms. The average molecular weight is 210 g/mol. The molecule has 0 aliphatic heterocycles. The van der Waals surface area contributed by atoms with Gasteiger partial charge in [0, 0.05) is 6.42 Å². The van der Waals surface area contributed by atoms with Gasteiger partial charge >= 0.3 is 5.97 Å². The van der Waals surface area contributed by atoms with E-state index in [9.17, 15) is 9.18 Å². The minimum atomic E-state index is -0.934. The number of esters is 1. The summed E-state index contributed by atoms with van der Waals surface area (Å²) in [5.74, 6) is -0.393. The molecule has 0 N–H and O–H groups in total. The van der Waals surface area contributed by atoms with E-state index in [0.29, 0.717) is 5.56 Å². The van der Waals surface area contributed by atoms with Gasteiger partial charge in [-0.05, 0) is 26.0 Å². The van der Waals surface area contributed by atoms with Crippen LogP contribution in [-0.4, -0.2) is 18.7 Å². The van der Waals surface area contributed by atoms with E-state index in [0.717, 1.165) is 5.56 Å². The molecule has 0 aliphatic carbocycles. The highest BCUT2D eigenvalue weighted by Crippen LogP contribution is 2.05. The molecule has 1 rings (SSSR count). The lowest BCUT2D eigenvalue weighted by Gasteiger charge is -2.05.